The van der Waals surface area contributed by atoms with Crippen LogP contribution in [0.2, 0.25) is 0 Å². The van der Waals surface area contributed by atoms with E-state index in [-0.39, 0.29) is 0 Å². The minimum Gasteiger partial charge on any atom is -0.456 e. The maximum Gasteiger partial charge on any atom is 0.137 e. The standard InChI is InChI=1S/C52H34N2OS/c1-3-14-39(15-4-1)53(40-16-5-2-6-17-40)42-29-31-48-46(33-42)52-47(19-11-20-49(52)55-48)54(43-28-30-45-44-18-9-10-21-50(44)56-51(45)34-43)41-26-24-36(25-27-41)38-23-22-35-12-7-8-13-37(35)32-38/h1-34H. The van der Waals surface area contributed by atoms with Crippen LogP contribution >= 0.6 is 11.3 Å². The van der Waals surface area contributed by atoms with Gasteiger partial charge in [-0.05, 0) is 113 Å². The highest BCUT2D eigenvalue weighted by Crippen LogP contribution is 2.46. The molecule has 0 radical (unpaired) electrons. The first-order chi connectivity index (χ1) is 27.7. The highest BCUT2D eigenvalue weighted by molar-refractivity contribution is 7.25. The topological polar surface area (TPSA) is 19.6 Å². The van der Waals surface area contributed by atoms with Crippen LogP contribution in [0.3, 0.4) is 0 Å². The summed E-state index contributed by atoms with van der Waals surface area (Å²) in [5.41, 5.74) is 10.5. The van der Waals surface area contributed by atoms with E-state index in [2.05, 4.69) is 216 Å². The Bertz CT molecular complexity index is 3160. The van der Waals surface area contributed by atoms with Crippen molar-refractivity contribution in [1.82, 2.24) is 0 Å². The molecular weight excluding hydrogens is 701 g/mol. The Hall–Kier alpha value is -7.14. The molecule has 11 aromatic rings. The summed E-state index contributed by atoms with van der Waals surface area (Å²) in [5.74, 6) is 0. The fourth-order valence-electron chi connectivity index (χ4n) is 8.18. The Balaban J connectivity index is 1.11. The molecule has 2 heterocycles. The maximum absolute atomic E-state index is 6.64. The minimum absolute atomic E-state index is 0.848. The molecule has 0 saturated heterocycles. The quantitative estimate of drug-likeness (QED) is 0.163. The van der Waals surface area contributed by atoms with E-state index in [9.17, 15) is 0 Å². The Morgan fingerprint density at radius 2 is 0.964 bits per heavy atom. The molecule has 3 nitrogen and oxygen atoms in total. The summed E-state index contributed by atoms with van der Waals surface area (Å²) in [6, 6.07) is 73.9. The molecule has 0 unspecified atom stereocenters. The Morgan fingerprint density at radius 3 is 1.77 bits per heavy atom. The zero-order valence-corrected chi connectivity index (χ0v) is 31.2. The molecule has 0 bridgehead atoms. The molecule has 2 aromatic heterocycles. The van der Waals surface area contributed by atoms with Gasteiger partial charge in [-0.1, -0.05) is 115 Å². The second-order valence-electron chi connectivity index (χ2n) is 14.2. The van der Waals surface area contributed by atoms with E-state index in [4.69, 9.17) is 4.42 Å². The normalized spacial score (nSPS) is 11.6. The lowest BCUT2D eigenvalue weighted by Gasteiger charge is -2.27. The van der Waals surface area contributed by atoms with Crippen molar-refractivity contribution in [2.45, 2.75) is 0 Å². The Morgan fingerprint density at radius 1 is 0.339 bits per heavy atom. The highest BCUT2D eigenvalue weighted by atomic mass is 32.1. The predicted molar refractivity (Wildman–Crippen MR) is 239 cm³/mol. The molecule has 264 valence electrons. The summed E-state index contributed by atoms with van der Waals surface area (Å²) in [4.78, 5) is 4.70. The molecule has 4 heteroatoms. The van der Waals surface area contributed by atoms with Crippen LogP contribution in [0.4, 0.5) is 34.1 Å². The van der Waals surface area contributed by atoms with Crippen LogP contribution in [0.1, 0.15) is 0 Å². The second kappa shape index (κ2) is 13.3. The lowest BCUT2D eigenvalue weighted by molar-refractivity contribution is 0.669. The van der Waals surface area contributed by atoms with E-state index < -0.39 is 0 Å². The third kappa shape index (κ3) is 5.50. The molecule has 0 atom stereocenters. The van der Waals surface area contributed by atoms with Crippen molar-refractivity contribution in [2.24, 2.45) is 0 Å². The largest absolute Gasteiger partial charge is 0.456 e. The zero-order chi connectivity index (χ0) is 37.0. The lowest BCUT2D eigenvalue weighted by atomic mass is 10.0. The van der Waals surface area contributed by atoms with Gasteiger partial charge in [0.05, 0.1) is 11.1 Å². The molecule has 0 N–H and O–H groups in total. The number of anilines is 6. The number of para-hydroxylation sites is 2. The average Bonchev–Trinajstić information content (AvgIpc) is 3.83. The molecule has 11 rings (SSSR count). The SMILES string of the molecule is c1ccc(N(c2ccccc2)c2ccc3oc4cccc(N(c5ccc(-c6ccc7ccccc7c6)cc5)c5ccc6c(c5)sc5ccccc56)c4c3c2)cc1. The van der Waals surface area contributed by atoms with Gasteiger partial charge in [0.1, 0.15) is 11.2 Å². The fraction of sp³-hybridized carbons (Fsp3) is 0. The molecule has 0 aliphatic heterocycles. The summed E-state index contributed by atoms with van der Waals surface area (Å²) in [5, 5.41) is 7.19. The van der Waals surface area contributed by atoms with Crippen LogP contribution in [0.5, 0.6) is 0 Å². The van der Waals surface area contributed by atoms with Crippen molar-refractivity contribution >= 4 is 98.3 Å². The van der Waals surface area contributed by atoms with Gasteiger partial charge in [-0.25, -0.2) is 0 Å². The molecule has 56 heavy (non-hydrogen) atoms. The first-order valence-electron chi connectivity index (χ1n) is 18.9. The van der Waals surface area contributed by atoms with Gasteiger partial charge in [0, 0.05) is 54.0 Å². The number of hydrogen-bond acceptors (Lipinski definition) is 4. The fourth-order valence-corrected chi connectivity index (χ4v) is 9.31. The van der Waals surface area contributed by atoms with Crippen molar-refractivity contribution in [3.63, 3.8) is 0 Å². The van der Waals surface area contributed by atoms with Gasteiger partial charge in [-0.3, -0.25) is 0 Å². The number of thiophene rings is 1. The summed E-state index contributed by atoms with van der Waals surface area (Å²) >= 11 is 1.84. The Kier molecular flexibility index (Phi) is 7.68. The van der Waals surface area contributed by atoms with Crippen LogP contribution in [0.25, 0.3) is 64.0 Å². The summed E-state index contributed by atoms with van der Waals surface area (Å²) in [6.07, 6.45) is 0. The van der Waals surface area contributed by atoms with Crippen molar-refractivity contribution in [2.75, 3.05) is 9.80 Å². The highest BCUT2D eigenvalue weighted by Gasteiger charge is 2.22. The first-order valence-corrected chi connectivity index (χ1v) is 19.7. The van der Waals surface area contributed by atoms with Gasteiger partial charge in [0.15, 0.2) is 0 Å². The summed E-state index contributed by atoms with van der Waals surface area (Å²) in [6.45, 7) is 0. The summed E-state index contributed by atoms with van der Waals surface area (Å²) in [7, 11) is 0. The third-order valence-corrected chi connectivity index (χ3v) is 11.9. The number of rotatable bonds is 7. The number of hydrogen-bond donors (Lipinski definition) is 0. The van der Waals surface area contributed by atoms with E-state index >= 15 is 0 Å². The van der Waals surface area contributed by atoms with Gasteiger partial charge in [-0.2, -0.15) is 0 Å². The van der Waals surface area contributed by atoms with Gasteiger partial charge >= 0.3 is 0 Å². The molecule has 0 amide bonds. The van der Waals surface area contributed by atoms with Gasteiger partial charge in [0.25, 0.3) is 0 Å². The van der Waals surface area contributed by atoms with E-state index in [1.165, 1.54) is 42.1 Å². The molecule has 0 spiro atoms. The summed E-state index contributed by atoms with van der Waals surface area (Å²) < 4.78 is 9.19. The maximum atomic E-state index is 6.64. The van der Waals surface area contributed by atoms with Crippen molar-refractivity contribution in [3.05, 3.63) is 206 Å². The monoisotopic (exact) mass is 734 g/mol. The van der Waals surface area contributed by atoms with E-state index in [1.54, 1.807) is 0 Å². The van der Waals surface area contributed by atoms with Crippen LogP contribution in [-0.4, -0.2) is 0 Å². The average molecular weight is 735 g/mol. The van der Waals surface area contributed by atoms with Crippen molar-refractivity contribution in [1.29, 1.82) is 0 Å². The number of benzene rings is 9. The number of nitrogens with zero attached hydrogens (tertiary/aromatic N) is 2. The van der Waals surface area contributed by atoms with Gasteiger partial charge in [0.2, 0.25) is 0 Å². The Labute approximate surface area is 328 Å². The van der Waals surface area contributed by atoms with Gasteiger partial charge < -0.3 is 14.2 Å². The van der Waals surface area contributed by atoms with Crippen LogP contribution in [-0.2, 0) is 0 Å². The van der Waals surface area contributed by atoms with Crippen LogP contribution < -0.4 is 9.80 Å². The molecular formula is C52H34N2OS. The molecule has 0 aliphatic carbocycles. The number of furan rings is 1. The first kappa shape index (κ1) is 32.3. The molecule has 0 fully saturated rings. The van der Waals surface area contributed by atoms with Crippen LogP contribution in [0.15, 0.2) is 211 Å². The van der Waals surface area contributed by atoms with Crippen molar-refractivity contribution in [3.8, 4) is 11.1 Å². The van der Waals surface area contributed by atoms with Gasteiger partial charge in [-0.15, -0.1) is 11.3 Å². The lowest BCUT2D eigenvalue weighted by Crippen LogP contribution is -2.10. The van der Waals surface area contributed by atoms with E-state index in [0.717, 1.165) is 56.1 Å². The number of fused-ring (bicyclic) bond motifs is 7. The third-order valence-electron chi connectivity index (χ3n) is 10.8. The smallest absolute Gasteiger partial charge is 0.137 e. The zero-order valence-electron chi connectivity index (χ0n) is 30.3. The molecule has 9 aromatic carbocycles. The van der Waals surface area contributed by atoms with E-state index in [0.29, 0.717) is 0 Å². The van der Waals surface area contributed by atoms with Crippen LogP contribution in [0, 0.1) is 0 Å². The van der Waals surface area contributed by atoms with Crippen molar-refractivity contribution < 1.29 is 4.42 Å². The minimum atomic E-state index is 0.848. The molecule has 0 aliphatic rings. The van der Waals surface area contributed by atoms with E-state index in [1.807, 2.05) is 11.3 Å². The predicted octanol–water partition coefficient (Wildman–Crippen LogP) is 15.7. The molecule has 0 saturated carbocycles. The second-order valence-corrected chi connectivity index (χ2v) is 15.2.